The second kappa shape index (κ2) is 9.69. The quantitative estimate of drug-likeness (QED) is 0.777. The molecule has 0 spiro atoms. The molecule has 148 valence electrons. The topological polar surface area (TPSA) is 71.8 Å². The van der Waals surface area contributed by atoms with Gasteiger partial charge in [-0.05, 0) is 18.9 Å². The Morgan fingerprint density at radius 3 is 2.56 bits per heavy atom. The van der Waals surface area contributed by atoms with E-state index in [1.54, 1.807) is 23.2 Å². The van der Waals surface area contributed by atoms with E-state index in [1.165, 1.54) is 23.5 Å². The number of nitrogens with zero attached hydrogens (tertiary/aromatic N) is 3. The van der Waals surface area contributed by atoms with E-state index in [9.17, 15) is 14.4 Å². The molecule has 3 rings (SSSR count). The molecule has 0 bridgehead atoms. The van der Waals surface area contributed by atoms with Crippen LogP contribution in [0, 0.1) is 0 Å². The van der Waals surface area contributed by atoms with Crippen LogP contribution in [0.5, 0.6) is 0 Å². The molecular weight excluding hydrogens is 346 g/mol. The van der Waals surface area contributed by atoms with Gasteiger partial charge in [0.15, 0.2) is 0 Å². The van der Waals surface area contributed by atoms with Gasteiger partial charge in [0.05, 0.1) is 19.3 Å². The molecule has 0 aliphatic carbocycles. The number of pyridine rings is 1. The third-order valence-electron chi connectivity index (χ3n) is 5.38. The van der Waals surface area contributed by atoms with Gasteiger partial charge in [0.25, 0.3) is 5.56 Å². The number of carbonyl (C=O) groups is 2. The van der Waals surface area contributed by atoms with E-state index >= 15 is 0 Å². The van der Waals surface area contributed by atoms with Crippen molar-refractivity contribution in [2.75, 3.05) is 32.8 Å². The lowest BCUT2D eigenvalue weighted by atomic mass is 10.1. The van der Waals surface area contributed by atoms with Gasteiger partial charge in [-0.2, -0.15) is 0 Å². The molecule has 7 heteroatoms. The number of hydrogen-bond donors (Lipinski definition) is 0. The molecular formula is C20H29N3O4. The van der Waals surface area contributed by atoms with Gasteiger partial charge in [0.1, 0.15) is 0 Å². The highest BCUT2D eigenvalue weighted by Crippen LogP contribution is 2.16. The van der Waals surface area contributed by atoms with E-state index in [4.69, 9.17) is 4.74 Å². The zero-order chi connectivity index (χ0) is 19.1. The fraction of sp³-hybridized carbons (Fsp3) is 0.650. The van der Waals surface area contributed by atoms with E-state index in [0.29, 0.717) is 32.7 Å². The van der Waals surface area contributed by atoms with Gasteiger partial charge in [0, 0.05) is 51.3 Å². The van der Waals surface area contributed by atoms with Gasteiger partial charge < -0.3 is 19.1 Å². The number of likely N-dealkylation sites (tertiary alicyclic amines) is 1. The van der Waals surface area contributed by atoms with Gasteiger partial charge in [-0.1, -0.05) is 18.9 Å². The van der Waals surface area contributed by atoms with Crippen molar-refractivity contribution in [3.05, 3.63) is 34.7 Å². The van der Waals surface area contributed by atoms with Crippen molar-refractivity contribution in [1.29, 1.82) is 0 Å². The first-order valence-electron chi connectivity index (χ1n) is 9.95. The predicted molar refractivity (Wildman–Crippen MR) is 101 cm³/mol. The van der Waals surface area contributed by atoms with Crippen LogP contribution in [0.1, 0.15) is 38.5 Å². The summed E-state index contributed by atoms with van der Waals surface area (Å²) < 4.78 is 7.07. The Bertz CT molecular complexity index is 694. The standard InChI is InChI=1S/C20H29N3O4/c24-18-7-3-6-11-22(18)12-8-19(25)23-13-14-27-16-17(23)15-20(26)21-9-4-1-2-5-10-21/h3,6-7,11,17H,1-2,4-5,8-10,12-16H2/t17-/m0/s1. The number of ether oxygens (including phenoxy) is 1. The van der Waals surface area contributed by atoms with Crippen molar-refractivity contribution in [3.63, 3.8) is 0 Å². The maximum Gasteiger partial charge on any atom is 0.250 e. The lowest BCUT2D eigenvalue weighted by Gasteiger charge is -2.36. The summed E-state index contributed by atoms with van der Waals surface area (Å²) in [7, 11) is 0. The van der Waals surface area contributed by atoms with Crippen LogP contribution in [0.3, 0.4) is 0 Å². The first-order chi connectivity index (χ1) is 13.1. The maximum absolute atomic E-state index is 12.7. The maximum atomic E-state index is 12.7. The van der Waals surface area contributed by atoms with Crippen LogP contribution >= 0.6 is 0 Å². The smallest absolute Gasteiger partial charge is 0.250 e. The molecule has 1 aromatic rings. The Hall–Kier alpha value is -2.15. The van der Waals surface area contributed by atoms with E-state index < -0.39 is 0 Å². The van der Waals surface area contributed by atoms with Crippen LogP contribution in [-0.2, 0) is 20.9 Å². The zero-order valence-electron chi connectivity index (χ0n) is 15.8. The monoisotopic (exact) mass is 375 g/mol. The summed E-state index contributed by atoms with van der Waals surface area (Å²) in [5.74, 6) is 0.0900. The van der Waals surface area contributed by atoms with Crippen molar-refractivity contribution in [2.24, 2.45) is 0 Å². The summed E-state index contributed by atoms with van der Waals surface area (Å²) in [5, 5.41) is 0. The fourth-order valence-electron chi connectivity index (χ4n) is 3.81. The molecule has 0 unspecified atom stereocenters. The first kappa shape index (κ1) is 19.6. The Balaban J connectivity index is 1.57. The highest BCUT2D eigenvalue weighted by Gasteiger charge is 2.30. The molecule has 1 aromatic heterocycles. The molecule has 0 radical (unpaired) electrons. The zero-order valence-corrected chi connectivity index (χ0v) is 15.8. The van der Waals surface area contributed by atoms with E-state index in [2.05, 4.69) is 0 Å². The minimum absolute atomic E-state index is 0.0253. The largest absolute Gasteiger partial charge is 0.377 e. The first-order valence-corrected chi connectivity index (χ1v) is 9.95. The van der Waals surface area contributed by atoms with Gasteiger partial charge >= 0.3 is 0 Å². The molecule has 27 heavy (non-hydrogen) atoms. The minimum Gasteiger partial charge on any atom is -0.377 e. The van der Waals surface area contributed by atoms with E-state index in [0.717, 1.165) is 25.9 Å². The molecule has 0 saturated carbocycles. The lowest BCUT2D eigenvalue weighted by molar-refractivity contribution is -0.144. The molecule has 0 aromatic carbocycles. The Morgan fingerprint density at radius 1 is 1.04 bits per heavy atom. The van der Waals surface area contributed by atoms with Gasteiger partial charge in [-0.25, -0.2) is 0 Å². The second-order valence-corrected chi connectivity index (χ2v) is 7.30. The number of amides is 2. The molecule has 2 aliphatic rings. The van der Waals surface area contributed by atoms with Crippen LogP contribution in [0.25, 0.3) is 0 Å². The predicted octanol–water partition coefficient (Wildman–Crippen LogP) is 1.26. The van der Waals surface area contributed by atoms with Gasteiger partial charge in [-0.15, -0.1) is 0 Å². The van der Waals surface area contributed by atoms with Crippen molar-refractivity contribution < 1.29 is 14.3 Å². The van der Waals surface area contributed by atoms with Crippen LogP contribution in [0.4, 0.5) is 0 Å². The Labute approximate surface area is 159 Å². The highest BCUT2D eigenvalue weighted by atomic mass is 16.5. The van der Waals surface area contributed by atoms with Crippen LogP contribution in [0.15, 0.2) is 29.2 Å². The number of aromatic nitrogens is 1. The fourth-order valence-corrected chi connectivity index (χ4v) is 3.81. The molecule has 7 nitrogen and oxygen atoms in total. The van der Waals surface area contributed by atoms with Crippen LogP contribution < -0.4 is 5.56 Å². The normalized spacial score (nSPS) is 21.0. The molecule has 2 amide bonds. The summed E-state index contributed by atoms with van der Waals surface area (Å²) in [5.41, 5.74) is -0.111. The Morgan fingerprint density at radius 2 is 1.81 bits per heavy atom. The van der Waals surface area contributed by atoms with Crippen LogP contribution in [0.2, 0.25) is 0 Å². The second-order valence-electron chi connectivity index (χ2n) is 7.30. The van der Waals surface area contributed by atoms with Crippen molar-refractivity contribution in [2.45, 2.75) is 51.1 Å². The van der Waals surface area contributed by atoms with Crippen LogP contribution in [-0.4, -0.2) is 65.1 Å². The summed E-state index contributed by atoms with van der Waals surface area (Å²) in [6.45, 7) is 3.37. The van der Waals surface area contributed by atoms with Gasteiger partial charge in [-0.3, -0.25) is 14.4 Å². The third kappa shape index (κ3) is 5.42. The summed E-state index contributed by atoms with van der Waals surface area (Å²) in [4.78, 5) is 40.9. The van der Waals surface area contributed by atoms with Crippen molar-refractivity contribution >= 4 is 11.8 Å². The van der Waals surface area contributed by atoms with Crippen molar-refractivity contribution in [3.8, 4) is 0 Å². The molecule has 2 saturated heterocycles. The van der Waals surface area contributed by atoms with Crippen molar-refractivity contribution in [1.82, 2.24) is 14.4 Å². The number of morpholine rings is 1. The third-order valence-corrected chi connectivity index (χ3v) is 5.38. The summed E-state index contributed by atoms with van der Waals surface area (Å²) in [6.07, 6.45) is 6.73. The number of carbonyl (C=O) groups excluding carboxylic acids is 2. The molecule has 2 fully saturated rings. The summed E-state index contributed by atoms with van der Waals surface area (Å²) in [6, 6.07) is 4.74. The average Bonchev–Trinajstić information content (AvgIpc) is 2.97. The molecule has 1 atom stereocenters. The number of rotatable bonds is 5. The lowest BCUT2D eigenvalue weighted by Crippen LogP contribution is -2.51. The Kier molecular flexibility index (Phi) is 7.04. The number of hydrogen-bond acceptors (Lipinski definition) is 4. The number of aryl methyl sites for hydroxylation is 1. The van der Waals surface area contributed by atoms with E-state index in [-0.39, 0.29) is 29.8 Å². The average molecular weight is 375 g/mol. The molecule has 0 N–H and O–H groups in total. The minimum atomic E-state index is -0.213. The van der Waals surface area contributed by atoms with E-state index in [1.807, 2.05) is 4.90 Å². The molecule has 2 aliphatic heterocycles. The molecule has 3 heterocycles. The summed E-state index contributed by atoms with van der Waals surface area (Å²) >= 11 is 0. The SMILES string of the molecule is O=C(C[C@H]1COCCN1C(=O)CCn1ccccc1=O)N1CCCCCC1. The van der Waals surface area contributed by atoms with Gasteiger partial charge in [0.2, 0.25) is 11.8 Å². The highest BCUT2D eigenvalue weighted by molar-refractivity contribution is 5.80.